The lowest BCUT2D eigenvalue weighted by molar-refractivity contribution is 0.310. The number of fused-ring (bicyclic) bond motifs is 4. The number of furan rings is 1. The average Bonchev–Trinajstić information content (AvgIpc) is 3.55. The van der Waals surface area contributed by atoms with E-state index in [9.17, 15) is 0 Å². The highest BCUT2D eigenvalue weighted by Gasteiger charge is 2.25. The molecule has 0 N–H and O–H groups in total. The first-order valence-electron chi connectivity index (χ1n) is 16.9. The topological polar surface area (TPSA) is 25.6 Å². The molecule has 0 amide bonds. The fourth-order valence-corrected chi connectivity index (χ4v) is 6.90. The zero-order chi connectivity index (χ0) is 32.3. The molecule has 0 radical (unpaired) electrons. The molecule has 48 heavy (non-hydrogen) atoms. The number of ether oxygens (including phenoxy) is 1. The van der Waals surface area contributed by atoms with E-state index in [1.807, 2.05) is 6.07 Å². The smallest absolute Gasteiger partial charge is 0.143 e. The van der Waals surface area contributed by atoms with Gasteiger partial charge in [-0.3, -0.25) is 0 Å². The summed E-state index contributed by atoms with van der Waals surface area (Å²) in [6.07, 6.45) is 3.31. The molecule has 0 atom stereocenters. The van der Waals surface area contributed by atoms with Crippen molar-refractivity contribution in [3.05, 3.63) is 158 Å². The van der Waals surface area contributed by atoms with Crippen molar-refractivity contribution in [2.24, 2.45) is 0 Å². The van der Waals surface area contributed by atoms with Gasteiger partial charge in [0.2, 0.25) is 0 Å². The number of nitrogens with zero attached hydrogens (tertiary/aromatic N) is 1. The Morgan fingerprint density at radius 3 is 1.83 bits per heavy atom. The fraction of sp³-hybridized carbons (Fsp3) is 0.111. The molecule has 3 heteroatoms. The minimum Gasteiger partial charge on any atom is -0.493 e. The zero-order valence-corrected chi connectivity index (χ0v) is 27.1. The number of unbranched alkanes of at least 4 members (excludes halogenated alkanes) is 2. The number of hydrogen-bond donors (Lipinski definition) is 0. The maximum atomic E-state index is 6.74. The van der Waals surface area contributed by atoms with Gasteiger partial charge in [0.15, 0.2) is 0 Å². The van der Waals surface area contributed by atoms with E-state index in [4.69, 9.17) is 9.15 Å². The van der Waals surface area contributed by atoms with Crippen LogP contribution in [-0.2, 0) is 0 Å². The summed E-state index contributed by atoms with van der Waals surface area (Å²) >= 11 is 0. The van der Waals surface area contributed by atoms with Crippen LogP contribution in [0.5, 0.6) is 5.75 Å². The van der Waals surface area contributed by atoms with Crippen LogP contribution in [0, 0.1) is 0 Å². The van der Waals surface area contributed by atoms with Crippen molar-refractivity contribution in [1.29, 1.82) is 0 Å². The second kappa shape index (κ2) is 13.1. The molecule has 1 aromatic heterocycles. The van der Waals surface area contributed by atoms with E-state index in [2.05, 4.69) is 163 Å². The summed E-state index contributed by atoms with van der Waals surface area (Å²) < 4.78 is 13.4. The van der Waals surface area contributed by atoms with E-state index in [1.165, 1.54) is 0 Å². The van der Waals surface area contributed by atoms with Gasteiger partial charge in [-0.15, -0.1) is 0 Å². The molecule has 0 saturated heterocycles. The number of para-hydroxylation sites is 3. The van der Waals surface area contributed by atoms with E-state index in [0.29, 0.717) is 6.61 Å². The lowest BCUT2D eigenvalue weighted by Crippen LogP contribution is -2.12. The standard InChI is InChI=1S/C45H37NO2/c1-2-3-17-30-47-42-31-40(46(33-20-9-5-10-21-33)34-22-11-6-12-23-34)43(37-25-14-13-24-36(37)42)39-29-28-35(32-18-7-4-8-19-32)45-44(39)38-26-15-16-27-41(38)48-45/h4-16,18-29,31H,2-3,17,30H2,1H3. The van der Waals surface area contributed by atoms with Gasteiger partial charge >= 0.3 is 0 Å². The van der Waals surface area contributed by atoms with E-state index >= 15 is 0 Å². The van der Waals surface area contributed by atoms with Crippen molar-refractivity contribution >= 4 is 49.8 Å². The largest absolute Gasteiger partial charge is 0.493 e. The van der Waals surface area contributed by atoms with Crippen molar-refractivity contribution in [2.45, 2.75) is 26.2 Å². The maximum Gasteiger partial charge on any atom is 0.143 e. The quantitative estimate of drug-likeness (QED) is 0.142. The monoisotopic (exact) mass is 623 g/mol. The Balaban J connectivity index is 1.49. The normalized spacial score (nSPS) is 11.4. The third-order valence-electron chi connectivity index (χ3n) is 9.14. The Kier molecular flexibility index (Phi) is 8.10. The summed E-state index contributed by atoms with van der Waals surface area (Å²) in [6.45, 7) is 2.90. The molecule has 7 aromatic carbocycles. The lowest BCUT2D eigenvalue weighted by atomic mass is 9.89. The van der Waals surface area contributed by atoms with Gasteiger partial charge in [-0.25, -0.2) is 0 Å². The van der Waals surface area contributed by atoms with Crippen LogP contribution < -0.4 is 9.64 Å². The summed E-state index contributed by atoms with van der Waals surface area (Å²) in [7, 11) is 0. The Morgan fingerprint density at radius 1 is 0.562 bits per heavy atom. The molecule has 0 spiro atoms. The number of hydrogen-bond acceptors (Lipinski definition) is 3. The van der Waals surface area contributed by atoms with Crippen molar-refractivity contribution < 1.29 is 9.15 Å². The average molecular weight is 624 g/mol. The molecule has 234 valence electrons. The van der Waals surface area contributed by atoms with Crippen molar-refractivity contribution in [1.82, 2.24) is 0 Å². The number of anilines is 3. The van der Waals surface area contributed by atoms with Crippen molar-refractivity contribution in [3.63, 3.8) is 0 Å². The Bertz CT molecular complexity index is 2290. The molecule has 0 aliphatic carbocycles. The second-order valence-corrected chi connectivity index (χ2v) is 12.2. The summed E-state index contributed by atoms with van der Waals surface area (Å²) in [4.78, 5) is 2.36. The molecule has 3 nitrogen and oxygen atoms in total. The van der Waals surface area contributed by atoms with Gasteiger partial charge < -0.3 is 14.1 Å². The summed E-state index contributed by atoms with van der Waals surface area (Å²) in [5, 5.41) is 4.44. The van der Waals surface area contributed by atoms with Crippen LogP contribution in [0.2, 0.25) is 0 Å². The van der Waals surface area contributed by atoms with Crippen LogP contribution in [0.25, 0.3) is 55.0 Å². The lowest BCUT2D eigenvalue weighted by Gasteiger charge is -2.30. The summed E-state index contributed by atoms with van der Waals surface area (Å²) in [5.41, 5.74) is 9.43. The van der Waals surface area contributed by atoms with Gasteiger partial charge in [0.1, 0.15) is 16.9 Å². The van der Waals surface area contributed by atoms with Gasteiger partial charge in [0.05, 0.1) is 12.3 Å². The molecule has 0 aliphatic heterocycles. The van der Waals surface area contributed by atoms with Gasteiger partial charge in [-0.05, 0) is 59.3 Å². The molecular formula is C45H37NO2. The van der Waals surface area contributed by atoms with Crippen LogP contribution in [0.1, 0.15) is 26.2 Å². The van der Waals surface area contributed by atoms with Gasteiger partial charge in [-0.1, -0.05) is 135 Å². The molecule has 8 rings (SSSR count). The van der Waals surface area contributed by atoms with Crippen LogP contribution in [-0.4, -0.2) is 6.61 Å². The van der Waals surface area contributed by atoms with Crippen LogP contribution in [0.15, 0.2) is 162 Å². The molecule has 8 aromatic rings. The fourth-order valence-electron chi connectivity index (χ4n) is 6.90. The predicted molar refractivity (Wildman–Crippen MR) is 202 cm³/mol. The predicted octanol–water partition coefficient (Wildman–Crippen LogP) is 13.1. The minimum atomic E-state index is 0.676. The third-order valence-corrected chi connectivity index (χ3v) is 9.14. The van der Waals surface area contributed by atoms with Crippen LogP contribution in [0.4, 0.5) is 17.1 Å². The Morgan fingerprint density at radius 2 is 1.15 bits per heavy atom. The molecule has 0 saturated carbocycles. The highest BCUT2D eigenvalue weighted by Crippen LogP contribution is 2.51. The highest BCUT2D eigenvalue weighted by atomic mass is 16.5. The van der Waals surface area contributed by atoms with Gasteiger partial charge in [-0.2, -0.15) is 0 Å². The highest BCUT2D eigenvalue weighted by molar-refractivity contribution is 6.21. The maximum absolute atomic E-state index is 6.74. The first kappa shape index (κ1) is 29.6. The molecule has 1 heterocycles. The summed E-state index contributed by atoms with van der Waals surface area (Å²) in [6, 6.07) is 55.6. The zero-order valence-electron chi connectivity index (χ0n) is 27.1. The van der Waals surface area contributed by atoms with Gasteiger partial charge in [0, 0.05) is 44.7 Å². The van der Waals surface area contributed by atoms with Crippen molar-refractivity contribution in [3.8, 4) is 28.0 Å². The summed E-state index contributed by atoms with van der Waals surface area (Å²) in [5.74, 6) is 0.895. The first-order chi connectivity index (χ1) is 23.8. The Hall–Kier alpha value is -5.80. The molecule has 0 unspecified atom stereocenters. The van der Waals surface area contributed by atoms with Crippen LogP contribution >= 0.6 is 0 Å². The van der Waals surface area contributed by atoms with E-state index < -0.39 is 0 Å². The molecule has 0 fully saturated rings. The minimum absolute atomic E-state index is 0.676. The number of rotatable bonds is 10. The van der Waals surface area contributed by atoms with Crippen molar-refractivity contribution in [2.75, 3.05) is 11.5 Å². The van der Waals surface area contributed by atoms with E-state index in [0.717, 1.165) is 97.0 Å². The first-order valence-corrected chi connectivity index (χ1v) is 16.9. The second-order valence-electron chi connectivity index (χ2n) is 12.2. The Labute approximate surface area is 281 Å². The number of benzene rings is 7. The molecular weight excluding hydrogens is 587 g/mol. The van der Waals surface area contributed by atoms with E-state index in [1.54, 1.807) is 0 Å². The SMILES string of the molecule is CCCCCOc1cc(N(c2ccccc2)c2ccccc2)c(-c2ccc(-c3ccccc3)c3oc4ccccc4c23)c2ccccc12. The van der Waals surface area contributed by atoms with E-state index in [-0.39, 0.29) is 0 Å². The van der Waals surface area contributed by atoms with Gasteiger partial charge in [0.25, 0.3) is 0 Å². The third kappa shape index (κ3) is 5.38. The molecule has 0 bridgehead atoms. The van der Waals surface area contributed by atoms with Crippen LogP contribution in [0.3, 0.4) is 0 Å². The molecule has 0 aliphatic rings.